The lowest BCUT2D eigenvalue weighted by Crippen LogP contribution is -2.40. The fourth-order valence-electron chi connectivity index (χ4n) is 1.12. The van der Waals surface area contributed by atoms with Crippen molar-refractivity contribution in [3.05, 3.63) is 0 Å². The van der Waals surface area contributed by atoms with Gasteiger partial charge >= 0.3 is 0 Å². The van der Waals surface area contributed by atoms with Gasteiger partial charge in [0, 0.05) is 26.2 Å². The Morgan fingerprint density at radius 3 is 2.62 bits per heavy atom. The SMILES string of the molecule is CCC(C)N(CCOC)CC(N)=S. The van der Waals surface area contributed by atoms with Crippen LogP contribution in [0.2, 0.25) is 0 Å². The minimum absolute atomic E-state index is 0.511. The fourth-order valence-corrected chi connectivity index (χ4v) is 1.29. The molecule has 0 radical (unpaired) electrons. The van der Waals surface area contributed by atoms with E-state index in [1.54, 1.807) is 7.11 Å². The van der Waals surface area contributed by atoms with E-state index in [4.69, 9.17) is 22.7 Å². The van der Waals surface area contributed by atoms with Gasteiger partial charge in [0.2, 0.25) is 0 Å². The third-order valence-corrected chi connectivity index (χ3v) is 2.28. The van der Waals surface area contributed by atoms with Crippen LogP contribution in [0.5, 0.6) is 0 Å². The second-order valence-electron chi connectivity index (χ2n) is 3.19. The van der Waals surface area contributed by atoms with Gasteiger partial charge in [-0.3, -0.25) is 4.90 Å². The fraction of sp³-hybridized carbons (Fsp3) is 0.889. The predicted octanol–water partition coefficient (Wildman–Crippen LogP) is 1.02. The van der Waals surface area contributed by atoms with Crippen molar-refractivity contribution in [2.24, 2.45) is 5.73 Å². The van der Waals surface area contributed by atoms with Crippen molar-refractivity contribution in [1.29, 1.82) is 0 Å². The highest BCUT2D eigenvalue weighted by Gasteiger charge is 2.11. The molecule has 2 N–H and O–H groups in total. The van der Waals surface area contributed by atoms with E-state index in [0.717, 1.165) is 19.6 Å². The Bertz CT molecular complexity index is 153. The maximum Gasteiger partial charge on any atom is 0.0870 e. The number of nitrogens with two attached hydrogens (primary N) is 1. The van der Waals surface area contributed by atoms with E-state index in [2.05, 4.69) is 18.7 Å². The molecule has 0 heterocycles. The van der Waals surface area contributed by atoms with Crippen LogP contribution in [0.15, 0.2) is 0 Å². The largest absolute Gasteiger partial charge is 0.392 e. The first-order chi connectivity index (χ1) is 6.11. The highest BCUT2D eigenvalue weighted by molar-refractivity contribution is 7.80. The second kappa shape index (κ2) is 7.24. The Labute approximate surface area is 86.2 Å². The average Bonchev–Trinajstić information content (AvgIpc) is 2.10. The molecule has 0 rings (SSSR count). The zero-order valence-electron chi connectivity index (χ0n) is 8.75. The first-order valence-corrected chi connectivity index (χ1v) is 5.03. The number of methoxy groups -OCH3 is 1. The standard InChI is InChI=1S/C9H20N2OS/c1-4-8(2)11(5-6-12-3)7-9(10)13/h8H,4-7H2,1-3H3,(H2,10,13). The summed E-state index contributed by atoms with van der Waals surface area (Å²) in [5, 5.41) is 0. The summed E-state index contributed by atoms with van der Waals surface area (Å²) in [5.41, 5.74) is 5.51. The quantitative estimate of drug-likeness (QED) is 0.628. The highest BCUT2D eigenvalue weighted by atomic mass is 32.1. The molecule has 4 heteroatoms. The number of hydrogen-bond acceptors (Lipinski definition) is 3. The zero-order chi connectivity index (χ0) is 10.3. The Kier molecular flexibility index (Phi) is 7.13. The second-order valence-corrected chi connectivity index (χ2v) is 3.71. The number of rotatable bonds is 7. The van der Waals surface area contributed by atoms with Gasteiger partial charge < -0.3 is 10.5 Å². The van der Waals surface area contributed by atoms with Gasteiger partial charge in [-0.2, -0.15) is 0 Å². The lowest BCUT2D eigenvalue weighted by atomic mass is 10.2. The average molecular weight is 204 g/mol. The van der Waals surface area contributed by atoms with E-state index in [0.29, 0.717) is 17.6 Å². The number of hydrogen-bond donors (Lipinski definition) is 1. The van der Waals surface area contributed by atoms with Gasteiger partial charge in [-0.05, 0) is 13.3 Å². The Morgan fingerprint density at radius 2 is 2.23 bits per heavy atom. The molecule has 0 aromatic carbocycles. The molecule has 0 aliphatic rings. The minimum Gasteiger partial charge on any atom is -0.392 e. The summed E-state index contributed by atoms with van der Waals surface area (Å²) in [4.78, 5) is 2.79. The van der Waals surface area contributed by atoms with Gasteiger partial charge in [0.05, 0.1) is 11.6 Å². The molecule has 0 aliphatic carbocycles. The van der Waals surface area contributed by atoms with Crippen molar-refractivity contribution in [3.8, 4) is 0 Å². The zero-order valence-corrected chi connectivity index (χ0v) is 9.56. The van der Waals surface area contributed by atoms with Gasteiger partial charge in [-0.15, -0.1) is 0 Å². The van der Waals surface area contributed by atoms with Crippen molar-refractivity contribution < 1.29 is 4.74 Å². The first-order valence-electron chi connectivity index (χ1n) is 4.63. The van der Waals surface area contributed by atoms with Crippen molar-refractivity contribution in [2.45, 2.75) is 26.3 Å². The summed E-state index contributed by atoms with van der Waals surface area (Å²) < 4.78 is 5.02. The molecule has 0 saturated heterocycles. The number of thiocarbonyl (C=S) groups is 1. The maximum absolute atomic E-state index is 5.51. The Hall–Kier alpha value is -0.190. The smallest absolute Gasteiger partial charge is 0.0870 e. The molecular weight excluding hydrogens is 184 g/mol. The summed E-state index contributed by atoms with van der Waals surface area (Å²) in [5.74, 6) is 0. The molecule has 13 heavy (non-hydrogen) atoms. The molecule has 0 bridgehead atoms. The topological polar surface area (TPSA) is 38.5 Å². The first kappa shape index (κ1) is 12.8. The van der Waals surface area contributed by atoms with Crippen molar-refractivity contribution in [3.63, 3.8) is 0 Å². The van der Waals surface area contributed by atoms with E-state index < -0.39 is 0 Å². The van der Waals surface area contributed by atoms with Crippen LogP contribution in [-0.4, -0.2) is 42.7 Å². The van der Waals surface area contributed by atoms with Crippen LogP contribution in [0.3, 0.4) is 0 Å². The minimum atomic E-state index is 0.511. The van der Waals surface area contributed by atoms with Gasteiger partial charge in [0.25, 0.3) is 0 Å². The van der Waals surface area contributed by atoms with Crippen LogP contribution in [0.25, 0.3) is 0 Å². The lowest BCUT2D eigenvalue weighted by Gasteiger charge is -2.27. The monoisotopic (exact) mass is 204 g/mol. The van der Waals surface area contributed by atoms with Crippen molar-refractivity contribution >= 4 is 17.2 Å². The van der Waals surface area contributed by atoms with Crippen molar-refractivity contribution in [1.82, 2.24) is 4.90 Å². The van der Waals surface area contributed by atoms with E-state index in [9.17, 15) is 0 Å². The van der Waals surface area contributed by atoms with Crippen LogP contribution in [-0.2, 0) is 4.74 Å². The normalized spacial score (nSPS) is 13.2. The van der Waals surface area contributed by atoms with E-state index in [1.807, 2.05) is 0 Å². The van der Waals surface area contributed by atoms with Gasteiger partial charge in [-0.1, -0.05) is 19.1 Å². The molecule has 1 atom stereocenters. The predicted molar refractivity (Wildman–Crippen MR) is 60.0 cm³/mol. The molecule has 0 aromatic heterocycles. The molecule has 1 unspecified atom stereocenters. The summed E-state index contributed by atoms with van der Waals surface area (Å²) >= 11 is 4.88. The summed E-state index contributed by atoms with van der Waals surface area (Å²) in [6, 6.07) is 0.511. The molecule has 0 amide bonds. The molecule has 0 aliphatic heterocycles. The molecule has 0 spiro atoms. The summed E-state index contributed by atoms with van der Waals surface area (Å²) in [6.45, 7) is 6.64. The molecule has 3 nitrogen and oxygen atoms in total. The van der Waals surface area contributed by atoms with E-state index in [1.165, 1.54) is 0 Å². The maximum atomic E-state index is 5.51. The third kappa shape index (κ3) is 5.96. The summed E-state index contributed by atoms with van der Waals surface area (Å²) in [6.07, 6.45) is 1.10. The lowest BCUT2D eigenvalue weighted by molar-refractivity contribution is 0.135. The molecule has 0 aromatic rings. The van der Waals surface area contributed by atoms with E-state index in [-0.39, 0.29) is 0 Å². The molecule has 0 saturated carbocycles. The Balaban J connectivity index is 3.94. The van der Waals surface area contributed by atoms with Gasteiger partial charge in [0.15, 0.2) is 0 Å². The molecular formula is C9H20N2OS. The number of ether oxygens (including phenoxy) is 1. The van der Waals surface area contributed by atoms with Crippen molar-refractivity contribution in [2.75, 3.05) is 26.8 Å². The Morgan fingerprint density at radius 1 is 1.62 bits per heavy atom. The van der Waals surface area contributed by atoms with Gasteiger partial charge in [0.1, 0.15) is 0 Å². The van der Waals surface area contributed by atoms with Crippen LogP contribution in [0.1, 0.15) is 20.3 Å². The van der Waals surface area contributed by atoms with Crippen LogP contribution in [0.4, 0.5) is 0 Å². The number of nitrogens with zero attached hydrogens (tertiary/aromatic N) is 1. The summed E-state index contributed by atoms with van der Waals surface area (Å²) in [7, 11) is 1.70. The molecule has 0 fully saturated rings. The molecule has 78 valence electrons. The van der Waals surface area contributed by atoms with Crippen LogP contribution >= 0.6 is 12.2 Å². The van der Waals surface area contributed by atoms with E-state index >= 15 is 0 Å². The highest BCUT2D eigenvalue weighted by Crippen LogP contribution is 2.02. The van der Waals surface area contributed by atoms with Crippen LogP contribution in [0, 0.1) is 0 Å². The van der Waals surface area contributed by atoms with Gasteiger partial charge in [-0.25, -0.2) is 0 Å². The third-order valence-electron chi connectivity index (χ3n) is 2.16. The van der Waals surface area contributed by atoms with Crippen LogP contribution < -0.4 is 5.73 Å².